The molecule has 0 aromatic rings. The van der Waals surface area contributed by atoms with E-state index in [0.29, 0.717) is 45.8 Å². The summed E-state index contributed by atoms with van der Waals surface area (Å²) in [7, 11) is 1.61. The van der Waals surface area contributed by atoms with Crippen LogP contribution in [0.5, 0.6) is 0 Å². The van der Waals surface area contributed by atoms with E-state index in [-0.39, 0.29) is 6.03 Å². The maximum absolute atomic E-state index is 11.8. The molecule has 1 fully saturated rings. The van der Waals surface area contributed by atoms with Gasteiger partial charge in [-0.2, -0.15) is 0 Å². The molecule has 1 saturated heterocycles. The Labute approximate surface area is 112 Å². The summed E-state index contributed by atoms with van der Waals surface area (Å²) in [4.78, 5) is 24.1. The number of urea groups is 1. The summed E-state index contributed by atoms with van der Waals surface area (Å²) < 4.78 is 10.1. The zero-order valence-electron chi connectivity index (χ0n) is 11.3. The summed E-state index contributed by atoms with van der Waals surface area (Å²) in [6, 6.07) is -0.986. The zero-order valence-corrected chi connectivity index (χ0v) is 11.3. The van der Waals surface area contributed by atoms with Crippen LogP contribution < -0.4 is 5.32 Å². The fourth-order valence-corrected chi connectivity index (χ4v) is 1.98. The lowest BCUT2D eigenvalue weighted by Gasteiger charge is -2.21. The van der Waals surface area contributed by atoms with Crippen molar-refractivity contribution in [2.24, 2.45) is 0 Å². The number of ether oxygens (including phenoxy) is 2. The van der Waals surface area contributed by atoms with E-state index in [0.717, 1.165) is 6.42 Å². The summed E-state index contributed by atoms with van der Waals surface area (Å²) in [6.07, 6.45) is 1.97. The van der Waals surface area contributed by atoms with Crippen LogP contribution in [-0.4, -0.2) is 68.1 Å². The predicted molar refractivity (Wildman–Crippen MR) is 68.1 cm³/mol. The molecule has 0 bridgehead atoms. The molecule has 0 aromatic carbocycles. The van der Waals surface area contributed by atoms with Crippen molar-refractivity contribution in [1.29, 1.82) is 0 Å². The third-order valence-corrected chi connectivity index (χ3v) is 2.97. The monoisotopic (exact) mass is 274 g/mol. The fourth-order valence-electron chi connectivity index (χ4n) is 1.98. The van der Waals surface area contributed by atoms with Crippen molar-refractivity contribution in [1.82, 2.24) is 10.2 Å². The lowest BCUT2D eigenvalue weighted by molar-refractivity contribution is -0.141. The van der Waals surface area contributed by atoms with Crippen molar-refractivity contribution in [2.75, 3.05) is 40.0 Å². The lowest BCUT2D eigenvalue weighted by Crippen LogP contribution is -2.46. The summed E-state index contributed by atoms with van der Waals surface area (Å²) in [5.41, 5.74) is 0. The Balaban J connectivity index is 2.12. The van der Waals surface area contributed by atoms with E-state index in [1.807, 2.05) is 0 Å². The van der Waals surface area contributed by atoms with Crippen molar-refractivity contribution in [3.63, 3.8) is 0 Å². The van der Waals surface area contributed by atoms with Crippen molar-refractivity contribution < 1.29 is 24.2 Å². The minimum atomic E-state index is -0.935. The standard InChI is InChI=1S/C12H22N2O5/c1-18-8-9-19-7-3-5-13-12(17)14-6-2-4-10(14)11(15)16/h10H,2-9H2,1H3,(H,13,17)(H,15,16)/t10-/m1/s1. The SMILES string of the molecule is COCCOCCCNC(=O)N1CCC[C@@H]1C(=O)O. The first-order valence-electron chi connectivity index (χ1n) is 6.50. The number of rotatable bonds is 8. The van der Waals surface area contributed by atoms with E-state index < -0.39 is 12.0 Å². The number of aliphatic carboxylic acids is 1. The van der Waals surface area contributed by atoms with Crippen LogP contribution >= 0.6 is 0 Å². The van der Waals surface area contributed by atoms with Gasteiger partial charge in [-0.3, -0.25) is 0 Å². The van der Waals surface area contributed by atoms with E-state index in [2.05, 4.69) is 5.32 Å². The van der Waals surface area contributed by atoms with Gasteiger partial charge in [-0.25, -0.2) is 9.59 Å². The van der Waals surface area contributed by atoms with Gasteiger partial charge in [-0.15, -0.1) is 0 Å². The van der Waals surface area contributed by atoms with Crippen molar-refractivity contribution in [3.05, 3.63) is 0 Å². The molecule has 1 aliphatic heterocycles. The third kappa shape index (κ3) is 5.44. The van der Waals surface area contributed by atoms with Gasteiger partial charge in [0, 0.05) is 26.8 Å². The van der Waals surface area contributed by atoms with Crippen LogP contribution in [-0.2, 0) is 14.3 Å². The Bertz CT molecular complexity index is 298. The molecule has 2 N–H and O–H groups in total. The molecule has 0 aromatic heterocycles. The van der Waals surface area contributed by atoms with Crippen molar-refractivity contribution in [3.8, 4) is 0 Å². The first-order valence-corrected chi connectivity index (χ1v) is 6.50. The number of carboxylic acid groups (broad SMARTS) is 1. The maximum atomic E-state index is 11.8. The first-order chi connectivity index (χ1) is 9.16. The van der Waals surface area contributed by atoms with E-state index in [1.54, 1.807) is 7.11 Å². The van der Waals surface area contributed by atoms with Crippen molar-refractivity contribution >= 4 is 12.0 Å². The molecule has 1 heterocycles. The summed E-state index contributed by atoms with van der Waals surface area (Å²) >= 11 is 0. The molecule has 0 saturated carbocycles. The minimum Gasteiger partial charge on any atom is -0.480 e. The summed E-state index contributed by atoms with van der Waals surface area (Å²) in [5, 5.41) is 11.7. The molecule has 110 valence electrons. The smallest absolute Gasteiger partial charge is 0.326 e. The van der Waals surface area contributed by atoms with Gasteiger partial charge < -0.3 is 24.8 Å². The highest BCUT2D eigenvalue weighted by Gasteiger charge is 2.33. The first kappa shape index (κ1) is 15.7. The number of methoxy groups -OCH3 is 1. The Morgan fingerprint density at radius 3 is 2.84 bits per heavy atom. The van der Waals surface area contributed by atoms with Crippen LogP contribution in [0.2, 0.25) is 0 Å². The van der Waals surface area contributed by atoms with Gasteiger partial charge in [0.1, 0.15) is 6.04 Å². The van der Waals surface area contributed by atoms with Crippen LogP contribution in [0.3, 0.4) is 0 Å². The number of hydrogen-bond donors (Lipinski definition) is 2. The average molecular weight is 274 g/mol. The number of hydrogen-bond acceptors (Lipinski definition) is 4. The van der Waals surface area contributed by atoms with Gasteiger partial charge in [0.15, 0.2) is 0 Å². The molecule has 2 amide bonds. The van der Waals surface area contributed by atoms with Gasteiger partial charge in [0.25, 0.3) is 0 Å². The molecule has 19 heavy (non-hydrogen) atoms. The topological polar surface area (TPSA) is 88.1 Å². The van der Waals surface area contributed by atoms with Crippen LogP contribution in [0, 0.1) is 0 Å². The third-order valence-electron chi connectivity index (χ3n) is 2.97. The molecule has 0 radical (unpaired) electrons. The Morgan fingerprint density at radius 1 is 1.37 bits per heavy atom. The Morgan fingerprint density at radius 2 is 2.16 bits per heavy atom. The van der Waals surface area contributed by atoms with Gasteiger partial charge in [0.05, 0.1) is 13.2 Å². The molecule has 7 heteroatoms. The van der Waals surface area contributed by atoms with Crippen LogP contribution in [0.1, 0.15) is 19.3 Å². The number of amides is 2. The second-order valence-corrected chi connectivity index (χ2v) is 4.38. The largest absolute Gasteiger partial charge is 0.480 e. The predicted octanol–water partition coefficient (Wildman–Crippen LogP) is 0.298. The highest BCUT2D eigenvalue weighted by Crippen LogP contribution is 2.17. The molecule has 0 unspecified atom stereocenters. The van der Waals surface area contributed by atoms with Crippen LogP contribution in [0.4, 0.5) is 4.79 Å². The van der Waals surface area contributed by atoms with E-state index in [4.69, 9.17) is 14.6 Å². The molecular formula is C12H22N2O5. The van der Waals surface area contributed by atoms with E-state index >= 15 is 0 Å². The minimum absolute atomic E-state index is 0.304. The van der Waals surface area contributed by atoms with Gasteiger partial charge >= 0.3 is 12.0 Å². The maximum Gasteiger partial charge on any atom is 0.326 e. The number of nitrogens with zero attached hydrogens (tertiary/aromatic N) is 1. The number of nitrogens with one attached hydrogen (secondary N) is 1. The molecular weight excluding hydrogens is 252 g/mol. The average Bonchev–Trinajstić information content (AvgIpc) is 2.87. The fraction of sp³-hybridized carbons (Fsp3) is 0.833. The van der Waals surface area contributed by atoms with Gasteiger partial charge in [-0.1, -0.05) is 0 Å². The quantitative estimate of drug-likeness (QED) is 0.621. The Kier molecular flexibility index (Phi) is 7.20. The Hall–Kier alpha value is -1.34. The normalized spacial score (nSPS) is 18.6. The molecule has 1 rings (SSSR count). The van der Waals surface area contributed by atoms with Crippen LogP contribution in [0.25, 0.3) is 0 Å². The van der Waals surface area contributed by atoms with E-state index in [1.165, 1.54) is 4.90 Å². The second-order valence-electron chi connectivity index (χ2n) is 4.38. The molecule has 1 atom stereocenters. The molecule has 0 aliphatic carbocycles. The van der Waals surface area contributed by atoms with E-state index in [9.17, 15) is 9.59 Å². The molecule has 7 nitrogen and oxygen atoms in total. The summed E-state index contributed by atoms with van der Waals surface area (Å²) in [6.45, 7) is 2.63. The highest BCUT2D eigenvalue weighted by atomic mass is 16.5. The van der Waals surface area contributed by atoms with Gasteiger partial charge in [0.2, 0.25) is 0 Å². The van der Waals surface area contributed by atoms with Crippen molar-refractivity contribution in [2.45, 2.75) is 25.3 Å². The van der Waals surface area contributed by atoms with Crippen LogP contribution in [0.15, 0.2) is 0 Å². The second kappa shape index (κ2) is 8.71. The van der Waals surface area contributed by atoms with Gasteiger partial charge in [-0.05, 0) is 19.3 Å². The number of likely N-dealkylation sites (tertiary alicyclic amines) is 1. The zero-order chi connectivity index (χ0) is 14.1. The number of carbonyl (C=O) groups excluding carboxylic acids is 1. The summed E-state index contributed by atoms with van der Waals surface area (Å²) in [5.74, 6) is -0.935. The number of carbonyl (C=O) groups is 2. The lowest BCUT2D eigenvalue weighted by atomic mass is 10.2. The molecule has 0 spiro atoms. The highest BCUT2D eigenvalue weighted by molar-refractivity contribution is 5.83. The number of carboxylic acids is 1. The molecule has 1 aliphatic rings.